The molecule has 0 fully saturated rings. The highest BCUT2D eigenvalue weighted by atomic mass is 32.2. The summed E-state index contributed by atoms with van der Waals surface area (Å²) in [5.74, 6) is -0.132. The van der Waals surface area contributed by atoms with Gasteiger partial charge in [-0.2, -0.15) is 0 Å². The van der Waals surface area contributed by atoms with Crippen molar-refractivity contribution in [3.63, 3.8) is 0 Å². The Morgan fingerprint density at radius 3 is 2.17 bits per heavy atom. The van der Waals surface area contributed by atoms with Crippen LogP contribution in [-0.2, 0) is 27.7 Å². The van der Waals surface area contributed by atoms with Gasteiger partial charge in [0.25, 0.3) is 10.0 Å². The number of carbonyl (C=O) groups is 1. The van der Waals surface area contributed by atoms with Crippen LogP contribution >= 0.6 is 0 Å². The molecule has 0 aliphatic carbocycles. The van der Waals surface area contributed by atoms with Crippen molar-refractivity contribution in [3.05, 3.63) is 78.1 Å². The van der Waals surface area contributed by atoms with E-state index < -0.39 is 10.0 Å². The van der Waals surface area contributed by atoms with Crippen molar-refractivity contribution in [2.75, 3.05) is 10.0 Å². The second-order valence-electron chi connectivity index (χ2n) is 6.42. The molecule has 0 saturated carbocycles. The fraction of sp³-hybridized carbons (Fsp3) is 0.190. The smallest absolute Gasteiger partial charge is 0.264 e. The zero-order chi connectivity index (χ0) is 20.7. The summed E-state index contributed by atoms with van der Waals surface area (Å²) >= 11 is 0. The van der Waals surface area contributed by atoms with Gasteiger partial charge in [-0.15, -0.1) is 0 Å². The Balaban J connectivity index is 1.56. The Morgan fingerprint density at radius 1 is 0.931 bits per heavy atom. The molecule has 0 spiro atoms. The van der Waals surface area contributed by atoms with Gasteiger partial charge in [-0.05, 0) is 54.3 Å². The molecule has 0 unspecified atom stereocenters. The minimum absolute atomic E-state index is 0.00292. The van der Waals surface area contributed by atoms with Gasteiger partial charge in [-0.3, -0.25) is 4.79 Å². The Labute approximate surface area is 170 Å². The number of aryl methyl sites for hydroxylation is 2. The van der Waals surface area contributed by atoms with Crippen LogP contribution in [0.15, 0.2) is 71.9 Å². The molecular weight excluding hydrogens is 388 g/mol. The van der Waals surface area contributed by atoms with Gasteiger partial charge in [0.15, 0.2) is 0 Å². The summed E-state index contributed by atoms with van der Waals surface area (Å²) in [7, 11) is -3.80. The first-order chi connectivity index (χ1) is 14.0. The highest BCUT2D eigenvalue weighted by Gasteiger charge is 2.15. The molecule has 8 heteroatoms. The lowest BCUT2D eigenvalue weighted by atomic mass is 10.1. The van der Waals surface area contributed by atoms with E-state index in [0.29, 0.717) is 18.5 Å². The van der Waals surface area contributed by atoms with Crippen molar-refractivity contribution in [1.29, 1.82) is 0 Å². The molecule has 150 valence electrons. The zero-order valence-electron chi connectivity index (χ0n) is 16.0. The van der Waals surface area contributed by atoms with Crippen LogP contribution in [0.25, 0.3) is 0 Å². The SMILES string of the molecule is CCc1ccc(CCC(=O)Nc2ccc(S(=O)(=O)Nc3ncccn3)cc2)cc1. The molecule has 0 aliphatic rings. The molecule has 0 bridgehead atoms. The first kappa shape index (κ1) is 20.5. The lowest BCUT2D eigenvalue weighted by molar-refractivity contribution is -0.116. The topological polar surface area (TPSA) is 101 Å². The average molecular weight is 410 g/mol. The maximum Gasteiger partial charge on any atom is 0.264 e. The minimum atomic E-state index is -3.80. The summed E-state index contributed by atoms with van der Waals surface area (Å²) in [6.07, 6.45) is 4.87. The molecule has 7 nitrogen and oxygen atoms in total. The number of hydrogen-bond acceptors (Lipinski definition) is 5. The van der Waals surface area contributed by atoms with Crippen LogP contribution in [-0.4, -0.2) is 24.3 Å². The van der Waals surface area contributed by atoms with Gasteiger partial charge >= 0.3 is 0 Å². The van der Waals surface area contributed by atoms with Gasteiger partial charge in [0, 0.05) is 24.5 Å². The van der Waals surface area contributed by atoms with E-state index in [1.54, 1.807) is 18.2 Å². The molecule has 2 N–H and O–H groups in total. The summed E-state index contributed by atoms with van der Waals surface area (Å²) in [5, 5.41) is 2.78. The van der Waals surface area contributed by atoms with Crippen LogP contribution < -0.4 is 10.0 Å². The molecule has 2 aromatic carbocycles. The molecule has 29 heavy (non-hydrogen) atoms. The van der Waals surface area contributed by atoms with Gasteiger partial charge in [0.2, 0.25) is 11.9 Å². The third kappa shape index (κ3) is 5.86. The normalized spacial score (nSPS) is 11.1. The molecule has 0 atom stereocenters. The third-order valence-corrected chi connectivity index (χ3v) is 5.66. The summed E-state index contributed by atoms with van der Waals surface area (Å²) in [4.78, 5) is 19.9. The predicted octanol–water partition coefficient (Wildman–Crippen LogP) is 3.41. The fourth-order valence-electron chi connectivity index (χ4n) is 2.67. The maximum absolute atomic E-state index is 12.4. The molecule has 1 heterocycles. The molecule has 0 saturated heterocycles. The zero-order valence-corrected chi connectivity index (χ0v) is 16.8. The monoisotopic (exact) mass is 410 g/mol. The van der Waals surface area contributed by atoms with Crippen LogP contribution in [0.1, 0.15) is 24.5 Å². The van der Waals surface area contributed by atoms with E-state index in [4.69, 9.17) is 0 Å². The second kappa shape index (κ2) is 9.29. The number of benzene rings is 2. The van der Waals surface area contributed by atoms with Crippen molar-refractivity contribution < 1.29 is 13.2 Å². The van der Waals surface area contributed by atoms with Crippen LogP contribution in [0, 0.1) is 0 Å². The number of nitrogens with one attached hydrogen (secondary N) is 2. The predicted molar refractivity (Wildman–Crippen MR) is 112 cm³/mol. The molecule has 0 aliphatic heterocycles. The van der Waals surface area contributed by atoms with Crippen LogP contribution in [0.5, 0.6) is 0 Å². The van der Waals surface area contributed by atoms with Crippen molar-refractivity contribution in [3.8, 4) is 0 Å². The van der Waals surface area contributed by atoms with E-state index in [1.807, 2.05) is 12.1 Å². The Bertz CT molecular complexity index is 1050. The van der Waals surface area contributed by atoms with Crippen LogP contribution in [0.4, 0.5) is 11.6 Å². The lowest BCUT2D eigenvalue weighted by Gasteiger charge is -2.09. The van der Waals surface area contributed by atoms with E-state index in [0.717, 1.165) is 12.0 Å². The van der Waals surface area contributed by atoms with Gasteiger partial charge in [-0.25, -0.2) is 23.1 Å². The summed E-state index contributed by atoms with van der Waals surface area (Å²) in [6.45, 7) is 2.10. The lowest BCUT2D eigenvalue weighted by Crippen LogP contribution is -2.15. The number of amides is 1. The summed E-state index contributed by atoms with van der Waals surface area (Å²) < 4.78 is 27.0. The molecule has 1 amide bonds. The molecular formula is C21H22N4O3S. The number of anilines is 2. The first-order valence-electron chi connectivity index (χ1n) is 9.24. The molecule has 0 radical (unpaired) electrons. The number of aromatic nitrogens is 2. The van der Waals surface area contributed by atoms with Gasteiger partial charge < -0.3 is 5.32 Å². The number of nitrogens with zero attached hydrogens (tertiary/aromatic N) is 2. The second-order valence-corrected chi connectivity index (χ2v) is 8.10. The quantitative estimate of drug-likeness (QED) is 0.593. The largest absolute Gasteiger partial charge is 0.326 e. The van der Waals surface area contributed by atoms with Crippen LogP contribution in [0.3, 0.4) is 0 Å². The maximum atomic E-state index is 12.4. The van der Waals surface area contributed by atoms with Crippen molar-refractivity contribution in [2.45, 2.75) is 31.1 Å². The number of hydrogen-bond donors (Lipinski definition) is 2. The Hall–Kier alpha value is -3.26. The van der Waals surface area contributed by atoms with Crippen molar-refractivity contribution >= 4 is 27.6 Å². The van der Waals surface area contributed by atoms with Crippen molar-refractivity contribution in [2.24, 2.45) is 0 Å². The van der Waals surface area contributed by atoms with E-state index in [9.17, 15) is 13.2 Å². The third-order valence-electron chi connectivity index (χ3n) is 4.31. The first-order valence-corrected chi connectivity index (χ1v) is 10.7. The van der Waals surface area contributed by atoms with E-state index >= 15 is 0 Å². The molecule has 1 aromatic heterocycles. The summed E-state index contributed by atoms with van der Waals surface area (Å²) in [5.41, 5.74) is 2.90. The Kier molecular flexibility index (Phi) is 6.56. The minimum Gasteiger partial charge on any atom is -0.326 e. The number of rotatable bonds is 8. The Morgan fingerprint density at radius 2 is 1.55 bits per heavy atom. The van der Waals surface area contributed by atoms with Crippen LogP contribution in [0.2, 0.25) is 0 Å². The highest BCUT2D eigenvalue weighted by Crippen LogP contribution is 2.17. The average Bonchev–Trinajstić information content (AvgIpc) is 2.73. The van der Waals surface area contributed by atoms with E-state index in [-0.39, 0.29) is 16.8 Å². The van der Waals surface area contributed by atoms with Gasteiger partial charge in [-0.1, -0.05) is 31.2 Å². The highest BCUT2D eigenvalue weighted by molar-refractivity contribution is 7.92. The summed E-state index contributed by atoms with van der Waals surface area (Å²) in [6, 6.07) is 15.7. The number of carbonyl (C=O) groups excluding carboxylic acids is 1. The van der Waals surface area contributed by atoms with E-state index in [1.165, 1.54) is 30.1 Å². The molecule has 3 rings (SSSR count). The van der Waals surface area contributed by atoms with Crippen molar-refractivity contribution in [1.82, 2.24) is 9.97 Å². The van der Waals surface area contributed by atoms with Gasteiger partial charge in [0.1, 0.15) is 0 Å². The van der Waals surface area contributed by atoms with Gasteiger partial charge in [0.05, 0.1) is 4.90 Å². The molecule has 3 aromatic rings. The number of sulfonamides is 1. The fourth-order valence-corrected chi connectivity index (χ4v) is 3.63. The van der Waals surface area contributed by atoms with E-state index in [2.05, 4.69) is 39.1 Å². The standard InChI is InChI=1S/C21H22N4O3S/c1-2-16-4-6-17(7-5-16)8-13-20(26)24-18-9-11-19(12-10-18)29(27,28)25-21-22-14-3-15-23-21/h3-7,9-12,14-15H,2,8,13H2,1H3,(H,24,26)(H,22,23,25).